The molecule has 0 unspecified atom stereocenters. The lowest BCUT2D eigenvalue weighted by molar-refractivity contribution is -0.169. The lowest BCUT2D eigenvalue weighted by Gasteiger charge is -2.35. The molecule has 0 heterocycles. The third kappa shape index (κ3) is 14.8. The van der Waals surface area contributed by atoms with Crippen LogP contribution >= 0.6 is 0 Å². The maximum atomic E-state index is 11.8. The molecule has 0 aliphatic rings. The summed E-state index contributed by atoms with van der Waals surface area (Å²) in [6.07, 6.45) is 5.32. The van der Waals surface area contributed by atoms with Crippen molar-refractivity contribution in [2.24, 2.45) is 10.8 Å². The lowest BCUT2D eigenvalue weighted by atomic mass is 9.90. The number of hydrogen-bond acceptors (Lipinski definition) is 13. The van der Waals surface area contributed by atoms with Gasteiger partial charge >= 0.3 is 35.8 Å². The number of hydrogen-bond donors (Lipinski definition) is 0. The Kier molecular flexibility index (Phi) is 17.1. The van der Waals surface area contributed by atoms with Gasteiger partial charge in [0.1, 0.15) is 39.6 Å². The van der Waals surface area contributed by atoms with Gasteiger partial charge in [0.25, 0.3) is 0 Å². The summed E-state index contributed by atoms with van der Waals surface area (Å²) in [4.78, 5) is 70.9. The van der Waals surface area contributed by atoms with Gasteiger partial charge in [-0.2, -0.15) is 0 Å². The average Bonchev–Trinajstić information content (AvgIpc) is 3.00. The molecular formula is C28H35O13-. The van der Waals surface area contributed by atoms with Crippen LogP contribution in [0.15, 0.2) is 75.9 Å². The number of carbonyl (C=O) groups is 6. The van der Waals surface area contributed by atoms with E-state index in [1.54, 1.807) is 0 Å². The minimum Gasteiger partial charge on any atom is -1.00 e. The van der Waals surface area contributed by atoms with Crippen molar-refractivity contribution in [1.29, 1.82) is 0 Å². The second-order valence-electron chi connectivity index (χ2n) is 8.36. The maximum Gasteiger partial charge on any atom is 0.330 e. The molecule has 0 aromatic heterocycles. The number of esters is 6. The van der Waals surface area contributed by atoms with E-state index >= 15 is 0 Å². The second-order valence-corrected chi connectivity index (χ2v) is 8.36. The van der Waals surface area contributed by atoms with Crippen molar-refractivity contribution >= 4 is 35.8 Å². The Balaban J connectivity index is 0. The van der Waals surface area contributed by atoms with Gasteiger partial charge in [-0.25, -0.2) is 28.8 Å². The minimum absolute atomic E-state index is 0. The predicted molar refractivity (Wildman–Crippen MR) is 144 cm³/mol. The Bertz CT molecular complexity index is 831. The molecule has 0 radical (unpaired) electrons. The zero-order chi connectivity index (χ0) is 31.3. The molecule has 0 bridgehead atoms. The van der Waals surface area contributed by atoms with E-state index in [2.05, 4.69) is 39.5 Å². The summed E-state index contributed by atoms with van der Waals surface area (Å²) in [7, 11) is 0. The van der Waals surface area contributed by atoms with Crippen LogP contribution in [0.5, 0.6) is 0 Å². The topological polar surface area (TPSA) is 167 Å². The van der Waals surface area contributed by atoms with Gasteiger partial charge in [0.15, 0.2) is 0 Å². The van der Waals surface area contributed by atoms with Crippen molar-refractivity contribution in [3.8, 4) is 0 Å². The Morgan fingerprint density at radius 1 is 0.390 bits per heavy atom. The zero-order valence-corrected chi connectivity index (χ0v) is 22.7. The molecule has 0 spiro atoms. The average molecular weight is 582 g/mol. The Hall–Kier alpha value is -4.78. The third-order valence-electron chi connectivity index (χ3n) is 4.94. The van der Waals surface area contributed by atoms with Gasteiger partial charge in [0, 0.05) is 36.5 Å². The summed E-state index contributed by atoms with van der Waals surface area (Å²) in [6, 6.07) is 0. The molecule has 13 heteroatoms. The second kappa shape index (κ2) is 19.3. The van der Waals surface area contributed by atoms with E-state index in [0.29, 0.717) is 0 Å². The summed E-state index contributed by atoms with van der Waals surface area (Å²) in [5.41, 5.74) is -2.98. The lowest BCUT2D eigenvalue weighted by Crippen LogP contribution is -2.47. The Morgan fingerprint density at radius 3 is 0.707 bits per heavy atom. The molecule has 0 saturated heterocycles. The fourth-order valence-electron chi connectivity index (χ4n) is 2.68. The van der Waals surface area contributed by atoms with Crippen LogP contribution in [0.1, 0.15) is 1.43 Å². The van der Waals surface area contributed by atoms with Crippen LogP contribution in [0.4, 0.5) is 0 Å². The highest BCUT2D eigenvalue weighted by Gasteiger charge is 2.40. The molecule has 0 saturated carbocycles. The van der Waals surface area contributed by atoms with Gasteiger partial charge in [0.05, 0.1) is 24.0 Å². The number of rotatable bonds is 22. The van der Waals surface area contributed by atoms with Gasteiger partial charge in [-0.05, 0) is 0 Å². The first-order valence-corrected chi connectivity index (χ1v) is 11.8. The summed E-state index contributed by atoms with van der Waals surface area (Å²) in [5, 5.41) is 0. The van der Waals surface area contributed by atoms with Crippen molar-refractivity contribution in [1.82, 2.24) is 0 Å². The molecule has 0 aliphatic carbocycles. The van der Waals surface area contributed by atoms with Gasteiger partial charge in [-0.3, -0.25) is 0 Å². The molecule has 41 heavy (non-hydrogen) atoms. The Morgan fingerprint density at radius 2 is 0.561 bits per heavy atom. The highest BCUT2D eigenvalue weighted by Crippen LogP contribution is 2.26. The molecule has 0 N–H and O–H groups in total. The SMILES string of the molecule is C=CC(=O)OCC(COCC(COC(=O)C=C)(COC(=O)C=C)COC(=O)C=C)(COC(=O)C=C)COC(=O)C=C.[3H-]. The summed E-state index contributed by atoms with van der Waals surface area (Å²) < 4.78 is 36.7. The van der Waals surface area contributed by atoms with Crippen LogP contribution in [0, 0.1) is 10.8 Å². The highest BCUT2D eigenvalue weighted by atomic mass is 16.6. The van der Waals surface area contributed by atoms with Crippen molar-refractivity contribution < 1.29 is 63.4 Å². The van der Waals surface area contributed by atoms with E-state index in [4.69, 9.17) is 33.2 Å². The molecule has 0 aliphatic heterocycles. The zero-order valence-electron chi connectivity index (χ0n) is 23.7. The van der Waals surface area contributed by atoms with Gasteiger partial charge in [-0.15, -0.1) is 0 Å². The van der Waals surface area contributed by atoms with Crippen LogP contribution in [0.3, 0.4) is 0 Å². The molecular weight excluding hydrogens is 544 g/mol. The van der Waals surface area contributed by atoms with E-state index in [1.807, 2.05) is 0 Å². The fourth-order valence-corrected chi connectivity index (χ4v) is 2.68. The number of carbonyl (C=O) groups excluding carboxylic acids is 6. The normalized spacial score (nSPS) is 10.5. The van der Waals surface area contributed by atoms with Crippen LogP contribution < -0.4 is 0 Å². The molecule has 0 aromatic rings. The largest absolute Gasteiger partial charge is 1.00 e. The summed E-state index contributed by atoms with van der Waals surface area (Å²) >= 11 is 0. The predicted octanol–water partition coefficient (Wildman–Crippen LogP) is 1.46. The molecule has 0 fully saturated rings. The van der Waals surface area contributed by atoms with E-state index in [-0.39, 0.29) is 1.43 Å². The Labute approximate surface area is 239 Å². The van der Waals surface area contributed by atoms with Gasteiger partial charge < -0.3 is 34.6 Å². The van der Waals surface area contributed by atoms with Crippen LogP contribution in [-0.2, 0) is 61.9 Å². The van der Waals surface area contributed by atoms with E-state index < -0.39 is 99.5 Å². The van der Waals surface area contributed by atoms with Crippen LogP contribution in [0.25, 0.3) is 0 Å². The molecule has 226 valence electrons. The quantitative estimate of drug-likeness (QED) is 0.102. The van der Waals surface area contributed by atoms with E-state index in [9.17, 15) is 28.8 Å². The summed E-state index contributed by atoms with van der Waals surface area (Å²) in [5.74, 6) is -5.01. The van der Waals surface area contributed by atoms with Crippen LogP contribution in [0.2, 0.25) is 0 Å². The standard InChI is InChI=1S/C28H34O13.H/c1-7-21(29)36-15-27(16-37-22(30)8-2,17-38-23(31)9-3)13-35-14-28(18-39-24(32)10-4,19-40-25(33)11-5)20-41-26(34)12-6;/h7-12H,1-6,13-20H2;/q;-1/i;1+2. The molecule has 0 amide bonds. The van der Waals surface area contributed by atoms with Crippen molar-refractivity contribution in [3.63, 3.8) is 0 Å². The van der Waals surface area contributed by atoms with Crippen LogP contribution in [-0.4, -0.2) is 88.7 Å². The van der Waals surface area contributed by atoms with Gasteiger partial charge in [-0.1, -0.05) is 39.5 Å². The molecule has 13 nitrogen and oxygen atoms in total. The first-order chi connectivity index (χ1) is 19.4. The van der Waals surface area contributed by atoms with Gasteiger partial charge in [0.2, 0.25) is 0 Å². The monoisotopic (exact) mass is 581 g/mol. The molecule has 0 atom stereocenters. The smallest absolute Gasteiger partial charge is 0.330 e. The highest BCUT2D eigenvalue weighted by molar-refractivity contribution is 5.83. The third-order valence-corrected chi connectivity index (χ3v) is 4.94. The van der Waals surface area contributed by atoms with Crippen molar-refractivity contribution in [2.45, 2.75) is 0 Å². The molecule has 0 aromatic carbocycles. The maximum absolute atomic E-state index is 11.8. The fraction of sp³-hybridized carbons (Fsp3) is 0.357. The van der Waals surface area contributed by atoms with Crippen molar-refractivity contribution in [3.05, 3.63) is 75.9 Å². The number of ether oxygens (including phenoxy) is 7. The minimum atomic E-state index is -1.49. The van der Waals surface area contributed by atoms with E-state index in [1.165, 1.54) is 0 Å². The molecule has 0 rings (SSSR count). The van der Waals surface area contributed by atoms with E-state index in [0.717, 1.165) is 36.5 Å². The summed E-state index contributed by atoms with van der Waals surface area (Å²) in [6.45, 7) is 16.1. The first kappa shape index (κ1) is 36.2. The van der Waals surface area contributed by atoms with Crippen molar-refractivity contribution in [2.75, 3.05) is 52.9 Å². The first-order valence-electron chi connectivity index (χ1n) is 11.8.